The summed E-state index contributed by atoms with van der Waals surface area (Å²) >= 11 is 0. The molecule has 2 aromatic rings. The third-order valence-electron chi connectivity index (χ3n) is 3.36. The number of aromatic nitrogens is 2. The summed E-state index contributed by atoms with van der Waals surface area (Å²) in [7, 11) is 0. The van der Waals surface area contributed by atoms with E-state index in [0.717, 1.165) is 23.2 Å². The summed E-state index contributed by atoms with van der Waals surface area (Å²) in [5.41, 5.74) is 10.4. The third-order valence-corrected chi connectivity index (χ3v) is 3.36. The van der Waals surface area contributed by atoms with Crippen molar-refractivity contribution in [2.75, 3.05) is 5.73 Å². The van der Waals surface area contributed by atoms with Crippen LogP contribution in [0.25, 0.3) is 11.4 Å². The highest BCUT2D eigenvalue weighted by atomic mass is 15.0. The summed E-state index contributed by atoms with van der Waals surface area (Å²) in [5.74, 6) is 1.65. The maximum atomic E-state index is 6.07. The lowest BCUT2D eigenvalue weighted by molar-refractivity contribution is 0.836. The molecule has 0 aliphatic heterocycles. The van der Waals surface area contributed by atoms with Crippen molar-refractivity contribution in [3.63, 3.8) is 0 Å². The highest BCUT2D eigenvalue weighted by Crippen LogP contribution is 2.26. The van der Waals surface area contributed by atoms with Crippen LogP contribution in [0.15, 0.2) is 24.3 Å². The molecule has 0 amide bonds. The molecule has 0 saturated heterocycles. The van der Waals surface area contributed by atoms with Crippen LogP contribution in [-0.4, -0.2) is 9.97 Å². The topological polar surface area (TPSA) is 51.8 Å². The van der Waals surface area contributed by atoms with E-state index in [1.165, 1.54) is 5.56 Å². The molecule has 0 radical (unpaired) electrons. The van der Waals surface area contributed by atoms with Crippen molar-refractivity contribution in [2.24, 2.45) is 0 Å². The lowest BCUT2D eigenvalue weighted by Gasteiger charge is -2.13. The predicted molar refractivity (Wildman–Crippen MR) is 80.1 cm³/mol. The van der Waals surface area contributed by atoms with E-state index >= 15 is 0 Å². The number of benzene rings is 1. The fraction of sp³-hybridized carbons (Fsp3) is 0.375. The normalized spacial score (nSPS) is 11.0. The van der Waals surface area contributed by atoms with Gasteiger partial charge in [-0.1, -0.05) is 45.0 Å². The Balaban J connectivity index is 2.45. The van der Waals surface area contributed by atoms with Crippen molar-refractivity contribution < 1.29 is 0 Å². The molecule has 3 nitrogen and oxygen atoms in total. The molecule has 0 aliphatic carbocycles. The molecule has 1 aromatic heterocycles. The number of rotatable bonds is 3. The van der Waals surface area contributed by atoms with Gasteiger partial charge in [0.2, 0.25) is 0 Å². The summed E-state index contributed by atoms with van der Waals surface area (Å²) in [5, 5.41) is 0. The van der Waals surface area contributed by atoms with Gasteiger partial charge >= 0.3 is 0 Å². The van der Waals surface area contributed by atoms with Crippen LogP contribution in [-0.2, 0) is 6.42 Å². The molecule has 1 aromatic carbocycles. The average molecular weight is 255 g/mol. The molecule has 19 heavy (non-hydrogen) atoms. The van der Waals surface area contributed by atoms with E-state index in [4.69, 9.17) is 5.73 Å². The van der Waals surface area contributed by atoms with Crippen LogP contribution >= 0.6 is 0 Å². The lowest BCUT2D eigenvalue weighted by Crippen LogP contribution is -2.06. The van der Waals surface area contributed by atoms with Gasteiger partial charge in [-0.05, 0) is 24.8 Å². The van der Waals surface area contributed by atoms with E-state index in [2.05, 4.69) is 55.0 Å². The zero-order valence-corrected chi connectivity index (χ0v) is 12.1. The number of nitrogen functional groups attached to an aromatic ring is 1. The largest absolute Gasteiger partial charge is 0.383 e. The van der Waals surface area contributed by atoms with Crippen LogP contribution in [0.3, 0.4) is 0 Å². The molecule has 3 heteroatoms. The number of anilines is 1. The molecule has 0 unspecified atom stereocenters. The first kappa shape index (κ1) is 13.5. The molecule has 0 spiro atoms. The van der Waals surface area contributed by atoms with Crippen molar-refractivity contribution >= 4 is 5.82 Å². The first-order chi connectivity index (χ1) is 9.02. The van der Waals surface area contributed by atoms with Gasteiger partial charge in [0.25, 0.3) is 0 Å². The molecule has 0 fully saturated rings. The summed E-state index contributed by atoms with van der Waals surface area (Å²) < 4.78 is 0. The Morgan fingerprint density at radius 1 is 1.11 bits per heavy atom. The van der Waals surface area contributed by atoms with Crippen molar-refractivity contribution in [1.82, 2.24) is 9.97 Å². The maximum Gasteiger partial charge on any atom is 0.161 e. The Bertz CT molecular complexity index is 548. The number of hydrogen-bond donors (Lipinski definition) is 1. The van der Waals surface area contributed by atoms with Gasteiger partial charge in [0.1, 0.15) is 5.82 Å². The zero-order valence-electron chi connectivity index (χ0n) is 12.1. The van der Waals surface area contributed by atoms with E-state index in [1.54, 1.807) is 0 Å². The highest BCUT2D eigenvalue weighted by Gasteiger charge is 2.13. The summed E-state index contributed by atoms with van der Waals surface area (Å²) in [6, 6.07) is 8.34. The van der Waals surface area contributed by atoms with Gasteiger partial charge < -0.3 is 5.73 Å². The molecule has 0 saturated carbocycles. The minimum absolute atomic E-state index is 0.344. The van der Waals surface area contributed by atoms with Crippen molar-refractivity contribution in [1.29, 1.82) is 0 Å². The van der Waals surface area contributed by atoms with Gasteiger partial charge in [-0.25, -0.2) is 9.97 Å². The van der Waals surface area contributed by atoms with Crippen LogP contribution < -0.4 is 5.73 Å². The summed E-state index contributed by atoms with van der Waals surface area (Å²) in [4.78, 5) is 9.04. The molecule has 1 heterocycles. The first-order valence-electron chi connectivity index (χ1n) is 6.76. The molecule has 100 valence electrons. The first-order valence-corrected chi connectivity index (χ1v) is 6.76. The van der Waals surface area contributed by atoms with E-state index < -0.39 is 0 Å². The van der Waals surface area contributed by atoms with Crippen LogP contribution in [0.4, 0.5) is 5.82 Å². The van der Waals surface area contributed by atoms with Gasteiger partial charge in [0.15, 0.2) is 5.82 Å². The number of hydrogen-bond acceptors (Lipinski definition) is 3. The predicted octanol–water partition coefficient (Wildman–Crippen LogP) is 3.72. The van der Waals surface area contributed by atoms with Crippen molar-refractivity contribution in [3.8, 4) is 11.4 Å². The van der Waals surface area contributed by atoms with Crippen LogP contribution in [0.2, 0.25) is 0 Å². The molecule has 2 rings (SSSR count). The zero-order chi connectivity index (χ0) is 14.0. The quantitative estimate of drug-likeness (QED) is 0.909. The second kappa shape index (κ2) is 5.39. The number of nitrogens with two attached hydrogens (primary N) is 1. The van der Waals surface area contributed by atoms with E-state index in [1.807, 2.05) is 6.92 Å². The molecule has 2 N–H and O–H groups in total. The summed E-state index contributed by atoms with van der Waals surface area (Å²) in [6.45, 7) is 8.36. The van der Waals surface area contributed by atoms with E-state index in [0.29, 0.717) is 17.6 Å². The van der Waals surface area contributed by atoms with Gasteiger partial charge in [-0.15, -0.1) is 0 Å². The highest BCUT2D eigenvalue weighted by molar-refractivity contribution is 5.59. The minimum atomic E-state index is 0.344. The van der Waals surface area contributed by atoms with Crippen LogP contribution in [0.5, 0.6) is 0 Å². The van der Waals surface area contributed by atoms with E-state index in [-0.39, 0.29) is 0 Å². The van der Waals surface area contributed by atoms with Crippen molar-refractivity contribution in [2.45, 2.75) is 40.0 Å². The maximum absolute atomic E-state index is 6.07. The number of nitrogens with zero attached hydrogens (tertiary/aromatic N) is 2. The Morgan fingerprint density at radius 3 is 2.21 bits per heavy atom. The molecule has 0 aliphatic rings. The third kappa shape index (κ3) is 2.75. The SMILES string of the molecule is CCc1ccc(-c2nc(C)c(C(C)C)c(N)n2)cc1. The molecule has 0 bridgehead atoms. The molecular weight excluding hydrogens is 234 g/mol. The van der Waals surface area contributed by atoms with Crippen LogP contribution in [0.1, 0.15) is 43.5 Å². The van der Waals surface area contributed by atoms with Gasteiger partial charge in [-0.3, -0.25) is 0 Å². The Kier molecular flexibility index (Phi) is 3.84. The summed E-state index contributed by atoms with van der Waals surface area (Å²) in [6.07, 6.45) is 1.04. The Hall–Kier alpha value is -1.90. The minimum Gasteiger partial charge on any atom is -0.383 e. The fourth-order valence-electron chi connectivity index (χ4n) is 2.34. The second-order valence-electron chi connectivity index (χ2n) is 5.14. The smallest absolute Gasteiger partial charge is 0.161 e. The Labute approximate surface area is 114 Å². The van der Waals surface area contributed by atoms with Crippen molar-refractivity contribution in [3.05, 3.63) is 41.1 Å². The second-order valence-corrected chi connectivity index (χ2v) is 5.14. The van der Waals surface area contributed by atoms with Gasteiger partial charge in [0, 0.05) is 16.8 Å². The molecular formula is C16H21N3. The van der Waals surface area contributed by atoms with Crippen LogP contribution in [0, 0.1) is 6.92 Å². The van der Waals surface area contributed by atoms with Gasteiger partial charge in [-0.2, -0.15) is 0 Å². The lowest BCUT2D eigenvalue weighted by atomic mass is 10.0. The molecule has 0 atom stereocenters. The number of aryl methyl sites for hydroxylation is 2. The van der Waals surface area contributed by atoms with Gasteiger partial charge in [0.05, 0.1) is 0 Å². The monoisotopic (exact) mass is 255 g/mol. The Morgan fingerprint density at radius 2 is 1.74 bits per heavy atom. The van der Waals surface area contributed by atoms with E-state index in [9.17, 15) is 0 Å². The fourth-order valence-corrected chi connectivity index (χ4v) is 2.34. The average Bonchev–Trinajstić information content (AvgIpc) is 2.37. The standard InChI is InChI=1S/C16H21N3/c1-5-12-6-8-13(9-7-12)16-18-11(4)14(10(2)3)15(17)19-16/h6-10H,5H2,1-4H3,(H2,17,18,19).